The summed E-state index contributed by atoms with van der Waals surface area (Å²) < 4.78 is 13.2. The van der Waals surface area contributed by atoms with Gasteiger partial charge in [-0.1, -0.05) is 35.9 Å². The van der Waals surface area contributed by atoms with Gasteiger partial charge in [0.1, 0.15) is 5.82 Å². The summed E-state index contributed by atoms with van der Waals surface area (Å²) in [7, 11) is 0. The SMILES string of the molecule is Fc1cccc(NC(=S)N2CCN(Cc3ccccc3Cl)CC2)c1. The van der Waals surface area contributed by atoms with Gasteiger partial charge in [0.25, 0.3) is 0 Å². The maximum Gasteiger partial charge on any atom is 0.173 e. The number of nitrogens with one attached hydrogen (secondary N) is 1. The van der Waals surface area contributed by atoms with E-state index in [1.807, 2.05) is 24.3 Å². The van der Waals surface area contributed by atoms with Gasteiger partial charge < -0.3 is 10.2 Å². The number of nitrogens with zero attached hydrogens (tertiary/aromatic N) is 2. The van der Waals surface area contributed by atoms with Crippen molar-refractivity contribution in [3.63, 3.8) is 0 Å². The van der Waals surface area contributed by atoms with Crippen LogP contribution >= 0.6 is 23.8 Å². The number of rotatable bonds is 3. The number of halogens is 2. The lowest BCUT2D eigenvalue weighted by atomic mass is 10.2. The lowest BCUT2D eigenvalue weighted by Crippen LogP contribution is -2.49. The van der Waals surface area contributed by atoms with E-state index in [-0.39, 0.29) is 5.82 Å². The van der Waals surface area contributed by atoms with Crippen LogP contribution < -0.4 is 5.32 Å². The molecule has 0 bridgehead atoms. The van der Waals surface area contributed by atoms with E-state index in [0.717, 1.165) is 43.3 Å². The van der Waals surface area contributed by atoms with Crippen LogP contribution in [0.2, 0.25) is 5.02 Å². The first-order chi connectivity index (χ1) is 11.6. The summed E-state index contributed by atoms with van der Waals surface area (Å²) in [5.74, 6) is -0.271. The number of benzene rings is 2. The Morgan fingerprint density at radius 3 is 2.54 bits per heavy atom. The van der Waals surface area contributed by atoms with Gasteiger partial charge in [-0.3, -0.25) is 4.90 Å². The first-order valence-electron chi connectivity index (χ1n) is 7.89. The van der Waals surface area contributed by atoms with E-state index in [4.69, 9.17) is 23.8 Å². The predicted octanol–water partition coefficient (Wildman–Crippen LogP) is 3.99. The summed E-state index contributed by atoms with van der Waals surface area (Å²) in [6.07, 6.45) is 0. The minimum Gasteiger partial charge on any atom is -0.346 e. The van der Waals surface area contributed by atoms with Crippen molar-refractivity contribution in [2.45, 2.75) is 6.54 Å². The normalized spacial score (nSPS) is 15.3. The maximum absolute atomic E-state index is 13.2. The molecule has 0 spiro atoms. The highest BCUT2D eigenvalue weighted by Crippen LogP contribution is 2.18. The van der Waals surface area contributed by atoms with Gasteiger partial charge in [-0.25, -0.2) is 4.39 Å². The van der Waals surface area contributed by atoms with Crippen LogP contribution in [0.5, 0.6) is 0 Å². The van der Waals surface area contributed by atoms with E-state index in [1.165, 1.54) is 12.1 Å². The van der Waals surface area contributed by atoms with Crippen LogP contribution in [0.25, 0.3) is 0 Å². The minimum absolute atomic E-state index is 0.271. The molecule has 0 unspecified atom stereocenters. The Kier molecular flexibility index (Phi) is 5.66. The van der Waals surface area contributed by atoms with Gasteiger partial charge in [-0.05, 0) is 42.0 Å². The fourth-order valence-electron chi connectivity index (χ4n) is 2.75. The van der Waals surface area contributed by atoms with Gasteiger partial charge in [-0.15, -0.1) is 0 Å². The second-order valence-corrected chi connectivity index (χ2v) is 6.59. The molecule has 1 fully saturated rings. The van der Waals surface area contributed by atoms with E-state index in [1.54, 1.807) is 6.07 Å². The van der Waals surface area contributed by atoms with Crippen molar-refractivity contribution >= 4 is 34.6 Å². The third kappa shape index (κ3) is 4.44. The molecule has 0 aromatic heterocycles. The van der Waals surface area contributed by atoms with Crippen molar-refractivity contribution in [2.75, 3.05) is 31.5 Å². The van der Waals surface area contributed by atoms with E-state index >= 15 is 0 Å². The predicted molar refractivity (Wildman–Crippen MR) is 101 cm³/mol. The Morgan fingerprint density at radius 2 is 1.83 bits per heavy atom. The summed E-state index contributed by atoms with van der Waals surface area (Å²) in [5.41, 5.74) is 1.83. The smallest absolute Gasteiger partial charge is 0.173 e. The van der Waals surface area contributed by atoms with Crippen molar-refractivity contribution in [3.05, 3.63) is 64.9 Å². The number of anilines is 1. The molecule has 2 aromatic carbocycles. The average molecular weight is 364 g/mol. The first kappa shape index (κ1) is 17.1. The molecule has 1 aliphatic heterocycles. The Balaban J connectivity index is 1.51. The number of thiocarbonyl (C=S) groups is 1. The lowest BCUT2D eigenvalue weighted by molar-refractivity contribution is 0.177. The van der Waals surface area contributed by atoms with Crippen LogP contribution in [0, 0.1) is 5.82 Å². The molecule has 1 saturated heterocycles. The largest absolute Gasteiger partial charge is 0.346 e. The summed E-state index contributed by atoms with van der Waals surface area (Å²) in [6, 6.07) is 14.3. The third-order valence-corrected chi connectivity index (χ3v) is 4.82. The van der Waals surface area contributed by atoms with Gasteiger partial charge >= 0.3 is 0 Å². The van der Waals surface area contributed by atoms with Gasteiger partial charge in [0, 0.05) is 43.4 Å². The number of piperazine rings is 1. The van der Waals surface area contributed by atoms with Crippen LogP contribution in [-0.2, 0) is 6.54 Å². The number of hydrogen-bond donors (Lipinski definition) is 1. The zero-order valence-corrected chi connectivity index (χ0v) is 14.8. The van der Waals surface area contributed by atoms with Crippen LogP contribution in [0.3, 0.4) is 0 Å². The minimum atomic E-state index is -0.271. The summed E-state index contributed by atoms with van der Waals surface area (Å²) in [4.78, 5) is 4.48. The Labute approximate surface area is 152 Å². The molecule has 0 radical (unpaired) electrons. The zero-order chi connectivity index (χ0) is 16.9. The molecule has 3 rings (SSSR count). The van der Waals surface area contributed by atoms with Crippen molar-refractivity contribution in [3.8, 4) is 0 Å². The highest BCUT2D eigenvalue weighted by atomic mass is 35.5. The quantitative estimate of drug-likeness (QED) is 0.830. The summed E-state index contributed by atoms with van der Waals surface area (Å²) in [6.45, 7) is 4.35. The van der Waals surface area contributed by atoms with Crippen molar-refractivity contribution < 1.29 is 4.39 Å². The molecule has 6 heteroatoms. The third-order valence-electron chi connectivity index (χ3n) is 4.09. The number of hydrogen-bond acceptors (Lipinski definition) is 2. The highest BCUT2D eigenvalue weighted by Gasteiger charge is 2.19. The molecule has 0 saturated carbocycles. The summed E-state index contributed by atoms with van der Waals surface area (Å²) in [5, 5.41) is 4.55. The molecule has 0 aliphatic carbocycles. The molecule has 24 heavy (non-hydrogen) atoms. The van der Waals surface area contributed by atoms with Crippen LogP contribution in [0.1, 0.15) is 5.56 Å². The molecule has 2 aromatic rings. The van der Waals surface area contributed by atoms with Gasteiger partial charge in [-0.2, -0.15) is 0 Å². The van der Waals surface area contributed by atoms with E-state index in [0.29, 0.717) is 10.8 Å². The molecule has 1 heterocycles. The lowest BCUT2D eigenvalue weighted by Gasteiger charge is -2.36. The van der Waals surface area contributed by atoms with E-state index < -0.39 is 0 Å². The van der Waals surface area contributed by atoms with Crippen LogP contribution in [0.4, 0.5) is 10.1 Å². The van der Waals surface area contributed by atoms with Crippen molar-refractivity contribution in [1.29, 1.82) is 0 Å². The van der Waals surface area contributed by atoms with E-state index in [9.17, 15) is 4.39 Å². The van der Waals surface area contributed by atoms with Gasteiger partial charge in [0.05, 0.1) is 0 Å². The Morgan fingerprint density at radius 1 is 1.08 bits per heavy atom. The molecule has 0 atom stereocenters. The molecule has 126 valence electrons. The Hall–Kier alpha value is -1.69. The van der Waals surface area contributed by atoms with Crippen LogP contribution in [0.15, 0.2) is 48.5 Å². The van der Waals surface area contributed by atoms with E-state index in [2.05, 4.69) is 21.2 Å². The summed E-state index contributed by atoms with van der Waals surface area (Å²) >= 11 is 11.7. The topological polar surface area (TPSA) is 18.5 Å². The fourth-order valence-corrected chi connectivity index (χ4v) is 3.24. The van der Waals surface area contributed by atoms with Crippen LogP contribution in [-0.4, -0.2) is 41.1 Å². The maximum atomic E-state index is 13.2. The second-order valence-electron chi connectivity index (χ2n) is 5.80. The molecule has 3 nitrogen and oxygen atoms in total. The van der Waals surface area contributed by atoms with Crippen molar-refractivity contribution in [2.24, 2.45) is 0 Å². The average Bonchev–Trinajstić information content (AvgIpc) is 2.57. The fraction of sp³-hybridized carbons (Fsp3) is 0.278. The monoisotopic (exact) mass is 363 g/mol. The Bertz CT molecular complexity index is 717. The van der Waals surface area contributed by atoms with Gasteiger partial charge in [0.2, 0.25) is 0 Å². The van der Waals surface area contributed by atoms with Gasteiger partial charge in [0.15, 0.2) is 5.11 Å². The molecular weight excluding hydrogens is 345 g/mol. The zero-order valence-electron chi connectivity index (χ0n) is 13.2. The first-order valence-corrected chi connectivity index (χ1v) is 8.68. The molecule has 0 amide bonds. The van der Waals surface area contributed by atoms with Crippen molar-refractivity contribution in [1.82, 2.24) is 9.80 Å². The molecular formula is C18H19ClFN3S. The molecule has 1 N–H and O–H groups in total. The standard InChI is InChI=1S/C18H19ClFN3S/c19-17-7-2-1-4-14(17)13-22-8-10-23(11-9-22)18(24)21-16-6-3-5-15(20)12-16/h1-7,12H,8-11,13H2,(H,21,24). The molecule has 1 aliphatic rings. The second kappa shape index (κ2) is 7.92. The highest BCUT2D eigenvalue weighted by molar-refractivity contribution is 7.80.